The molecule has 3 N–H and O–H groups in total. The van der Waals surface area contributed by atoms with Gasteiger partial charge in [0.1, 0.15) is 0 Å². The van der Waals surface area contributed by atoms with Crippen LogP contribution in [0.25, 0.3) is 11.5 Å². The molecular weight excluding hydrogens is 521 g/mol. The lowest BCUT2D eigenvalue weighted by Crippen LogP contribution is -2.33. The molecule has 32 heavy (non-hydrogen) atoms. The highest BCUT2D eigenvalue weighted by atomic mass is 127. The second-order valence-corrected chi connectivity index (χ2v) is 6.95. The summed E-state index contributed by atoms with van der Waals surface area (Å²) in [6.45, 7) is 3.29. The van der Waals surface area contributed by atoms with Crippen molar-refractivity contribution < 1.29 is 14.0 Å². The number of methoxy groups -OCH3 is 2. The van der Waals surface area contributed by atoms with Gasteiger partial charge in [-0.1, -0.05) is 30.3 Å². The van der Waals surface area contributed by atoms with Gasteiger partial charge in [0.15, 0.2) is 23.3 Å². The first-order valence-corrected chi connectivity index (χ1v) is 10.3. The summed E-state index contributed by atoms with van der Waals surface area (Å²) < 4.78 is 15.9. The second kappa shape index (κ2) is 12.9. The van der Waals surface area contributed by atoms with E-state index < -0.39 is 0 Å². The molecule has 0 atom stereocenters. The van der Waals surface area contributed by atoms with Gasteiger partial charge in [0, 0.05) is 25.1 Å². The maximum absolute atomic E-state index is 5.99. The Labute approximate surface area is 205 Å². The number of aryl methyl sites for hydroxylation is 1. The minimum atomic E-state index is 0. The van der Waals surface area contributed by atoms with Gasteiger partial charge < -0.3 is 25.0 Å². The number of hydrogen-bond acceptors (Lipinski definition) is 6. The van der Waals surface area contributed by atoms with Gasteiger partial charge in [-0.15, -0.1) is 24.0 Å². The van der Waals surface area contributed by atoms with Crippen molar-refractivity contribution in [2.45, 2.75) is 26.2 Å². The SMILES string of the molecule is CCc1noc(-c2ccc(CCN=C(N)NCCc3ccc(OC)c(OC)c3)cc2)n1.I. The Morgan fingerprint density at radius 2 is 1.75 bits per heavy atom. The molecule has 1 heterocycles. The third kappa shape index (κ3) is 7.11. The highest BCUT2D eigenvalue weighted by Gasteiger charge is 2.07. The van der Waals surface area contributed by atoms with Crippen molar-refractivity contribution in [3.63, 3.8) is 0 Å². The van der Waals surface area contributed by atoms with Crippen molar-refractivity contribution in [2.75, 3.05) is 27.3 Å². The van der Waals surface area contributed by atoms with Crippen molar-refractivity contribution in [1.82, 2.24) is 15.5 Å². The third-order valence-electron chi connectivity index (χ3n) is 4.84. The molecule has 0 aliphatic rings. The third-order valence-corrected chi connectivity index (χ3v) is 4.84. The molecule has 0 spiro atoms. The number of halogens is 1. The summed E-state index contributed by atoms with van der Waals surface area (Å²) in [4.78, 5) is 8.75. The van der Waals surface area contributed by atoms with E-state index in [0.717, 1.165) is 41.9 Å². The Morgan fingerprint density at radius 1 is 1.03 bits per heavy atom. The van der Waals surface area contributed by atoms with Crippen LogP contribution in [0.1, 0.15) is 23.9 Å². The Kier molecular flexibility index (Phi) is 10.3. The van der Waals surface area contributed by atoms with E-state index in [0.29, 0.717) is 30.8 Å². The fourth-order valence-electron chi connectivity index (χ4n) is 3.06. The Hall–Kier alpha value is -2.82. The van der Waals surface area contributed by atoms with Gasteiger partial charge in [-0.05, 0) is 48.2 Å². The zero-order chi connectivity index (χ0) is 22.1. The van der Waals surface area contributed by atoms with E-state index >= 15 is 0 Å². The molecule has 0 saturated carbocycles. The molecule has 0 saturated heterocycles. The highest BCUT2D eigenvalue weighted by Crippen LogP contribution is 2.27. The fraction of sp³-hybridized carbons (Fsp3) is 0.348. The van der Waals surface area contributed by atoms with Crippen molar-refractivity contribution in [3.8, 4) is 23.0 Å². The molecule has 0 fully saturated rings. The van der Waals surface area contributed by atoms with Gasteiger partial charge in [-0.25, -0.2) is 0 Å². The number of nitrogens with two attached hydrogens (primary N) is 1. The average molecular weight is 551 g/mol. The van der Waals surface area contributed by atoms with Crippen LogP contribution in [-0.2, 0) is 19.3 Å². The molecule has 172 valence electrons. The van der Waals surface area contributed by atoms with E-state index in [1.165, 1.54) is 5.56 Å². The summed E-state index contributed by atoms with van der Waals surface area (Å²) in [6.07, 6.45) is 2.35. The molecule has 3 rings (SSSR count). The monoisotopic (exact) mass is 551 g/mol. The highest BCUT2D eigenvalue weighted by molar-refractivity contribution is 14.0. The van der Waals surface area contributed by atoms with E-state index in [2.05, 4.69) is 20.4 Å². The lowest BCUT2D eigenvalue weighted by atomic mass is 10.1. The van der Waals surface area contributed by atoms with Crippen molar-refractivity contribution >= 4 is 29.9 Å². The molecule has 0 aliphatic carbocycles. The summed E-state index contributed by atoms with van der Waals surface area (Å²) in [7, 11) is 3.26. The molecule has 8 nitrogen and oxygen atoms in total. The van der Waals surface area contributed by atoms with E-state index in [-0.39, 0.29) is 24.0 Å². The number of rotatable bonds is 10. The van der Waals surface area contributed by atoms with Crippen LogP contribution in [0.15, 0.2) is 52.0 Å². The second-order valence-electron chi connectivity index (χ2n) is 6.95. The van der Waals surface area contributed by atoms with Crippen molar-refractivity contribution in [1.29, 1.82) is 0 Å². The number of guanidine groups is 1. The zero-order valence-corrected chi connectivity index (χ0v) is 21.0. The van der Waals surface area contributed by atoms with Gasteiger partial charge in [0.05, 0.1) is 14.2 Å². The molecule has 9 heteroatoms. The van der Waals surface area contributed by atoms with E-state index in [9.17, 15) is 0 Å². The van der Waals surface area contributed by atoms with Crippen molar-refractivity contribution in [2.24, 2.45) is 10.7 Å². The lowest BCUT2D eigenvalue weighted by molar-refractivity contribution is 0.354. The maximum Gasteiger partial charge on any atom is 0.257 e. The van der Waals surface area contributed by atoms with E-state index in [1.54, 1.807) is 14.2 Å². The predicted molar refractivity (Wildman–Crippen MR) is 136 cm³/mol. The number of benzene rings is 2. The first kappa shape index (κ1) is 25.4. The molecule has 0 unspecified atom stereocenters. The molecular formula is C23H30IN5O3. The molecule has 0 radical (unpaired) electrons. The smallest absolute Gasteiger partial charge is 0.257 e. The number of hydrogen-bond donors (Lipinski definition) is 2. The molecule has 0 aliphatic heterocycles. The van der Waals surface area contributed by atoms with Crippen LogP contribution in [-0.4, -0.2) is 43.4 Å². The Balaban J connectivity index is 0.00000363. The van der Waals surface area contributed by atoms with Crippen LogP contribution in [0.4, 0.5) is 0 Å². The summed E-state index contributed by atoms with van der Waals surface area (Å²) in [6, 6.07) is 13.9. The summed E-state index contributed by atoms with van der Waals surface area (Å²) in [5, 5.41) is 7.08. The number of aromatic nitrogens is 2. The average Bonchev–Trinajstić information content (AvgIpc) is 3.29. The van der Waals surface area contributed by atoms with Crippen LogP contribution in [0.2, 0.25) is 0 Å². The summed E-state index contributed by atoms with van der Waals surface area (Å²) in [5.41, 5.74) is 9.20. The molecule has 0 amide bonds. The first-order valence-electron chi connectivity index (χ1n) is 10.3. The van der Waals surface area contributed by atoms with Crippen LogP contribution < -0.4 is 20.5 Å². The van der Waals surface area contributed by atoms with Gasteiger partial charge in [-0.3, -0.25) is 4.99 Å². The molecule has 0 bridgehead atoms. The quantitative estimate of drug-likeness (QED) is 0.225. The maximum atomic E-state index is 5.99. The Morgan fingerprint density at radius 3 is 2.41 bits per heavy atom. The lowest BCUT2D eigenvalue weighted by Gasteiger charge is -2.10. The van der Waals surface area contributed by atoms with Crippen LogP contribution in [0.5, 0.6) is 11.5 Å². The largest absolute Gasteiger partial charge is 0.493 e. The molecule has 1 aromatic heterocycles. The normalized spacial score (nSPS) is 11.0. The molecule has 2 aromatic carbocycles. The van der Waals surface area contributed by atoms with Crippen LogP contribution >= 0.6 is 24.0 Å². The number of nitrogens with one attached hydrogen (secondary N) is 1. The standard InChI is InChI=1S/C23H29N5O3.HI/c1-4-21-27-22(31-28-21)18-8-5-16(6-9-18)11-13-25-23(24)26-14-12-17-7-10-19(29-2)20(15-17)30-3;/h5-10,15H,4,11-14H2,1-3H3,(H3,24,25,26);1H. The van der Waals surface area contributed by atoms with E-state index in [1.807, 2.05) is 49.4 Å². The van der Waals surface area contributed by atoms with Gasteiger partial charge >= 0.3 is 0 Å². The van der Waals surface area contributed by atoms with Gasteiger partial charge in [0.25, 0.3) is 5.89 Å². The van der Waals surface area contributed by atoms with Crippen LogP contribution in [0.3, 0.4) is 0 Å². The topological polar surface area (TPSA) is 108 Å². The first-order chi connectivity index (χ1) is 15.1. The Bertz CT molecular complexity index is 1010. The minimum Gasteiger partial charge on any atom is -0.493 e. The molecule has 3 aromatic rings. The summed E-state index contributed by atoms with van der Waals surface area (Å²) >= 11 is 0. The number of ether oxygens (including phenoxy) is 2. The fourth-order valence-corrected chi connectivity index (χ4v) is 3.06. The van der Waals surface area contributed by atoms with Crippen molar-refractivity contribution in [3.05, 3.63) is 59.4 Å². The van der Waals surface area contributed by atoms with Gasteiger partial charge in [0.2, 0.25) is 0 Å². The predicted octanol–water partition coefficient (Wildman–Crippen LogP) is 3.62. The number of nitrogens with zero attached hydrogens (tertiary/aromatic N) is 3. The van der Waals surface area contributed by atoms with E-state index in [4.69, 9.17) is 19.7 Å². The number of aliphatic imine (C=N–C) groups is 1. The zero-order valence-electron chi connectivity index (χ0n) is 18.6. The summed E-state index contributed by atoms with van der Waals surface area (Å²) in [5.74, 6) is 3.13. The minimum absolute atomic E-state index is 0. The van der Waals surface area contributed by atoms with Crippen LogP contribution in [0, 0.1) is 0 Å². The van der Waals surface area contributed by atoms with Gasteiger partial charge in [-0.2, -0.15) is 4.98 Å².